The molecule has 0 aliphatic carbocycles. The molecular weight excluding hydrogens is 238 g/mol. The number of nitrogens with zero attached hydrogens (tertiary/aromatic N) is 3. The van der Waals surface area contributed by atoms with Crippen LogP contribution in [0.5, 0.6) is 5.88 Å². The molecule has 102 valence electrons. The first-order chi connectivity index (χ1) is 9.33. The zero-order chi connectivity index (χ0) is 13.2. The number of hydrogen-bond donors (Lipinski definition) is 0. The minimum atomic E-state index is 0.461. The highest BCUT2D eigenvalue weighted by atomic mass is 16.5. The maximum Gasteiger partial charge on any atom is 0.198 e. The van der Waals surface area contributed by atoms with Gasteiger partial charge in [-0.15, -0.1) is 0 Å². The molecule has 0 spiro atoms. The van der Waals surface area contributed by atoms with Gasteiger partial charge in [-0.2, -0.15) is 0 Å². The second kappa shape index (κ2) is 5.21. The highest BCUT2D eigenvalue weighted by Crippen LogP contribution is 2.30. The number of hydrogen-bond acceptors (Lipinski definition) is 3. The van der Waals surface area contributed by atoms with E-state index in [0.717, 1.165) is 18.1 Å². The molecule has 0 saturated carbocycles. The molecule has 0 aromatic carbocycles. The third kappa shape index (κ3) is 2.21. The summed E-state index contributed by atoms with van der Waals surface area (Å²) < 4.78 is 7.43. The minimum Gasteiger partial charge on any atom is -0.482 e. The molecule has 0 bridgehead atoms. The molecular formula is C15H21N3O. The maximum atomic E-state index is 5.39. The molecule has 4 heteroatoms. The Labute approximate surface area is 114 Å². The van der Waals surface area contributed by atoms with E-state index in [2.05, 4.69) is 18.0 Å². The molecule has 1 aliphatic heterocycles. The lowest BCUT2D eigenvalue weighted by Crippen LogP contribution is -2.33. The molecule has 3 rings (SSSR count). The van der Waals surface area contributed by atoms with Crippen molar-refractivity contribution in [2.75, 3.05) is 20.2 Å². The number of ether oxygens (including phenoxy) is 1. The summed E-state index contributed by atoms with van der Waals surface area (Å²) in [4.78, 5) is 7.31. The Morgan fingerprint density at radius 1 is 1.37 bits per heavy atom. The maximum absolute atomic E-state index is 5.39. The predicted molar refractivity (Wildman–Crippen MR) is 75.6 cm³/mol. The summed E-state index contributed by atoms with van der Waals surface area (Å²) in [5.74, 6) is 0.843. The smallest absolute Gasteiger partial charge is 0.198 e. The molecule has 0 radical (unpaired) electrons. The largest absolute Gasteiger partial charge is 0.482 e. The van der Waals surface area contributed by atoms with Crippen LogP contribution in [0.3, 0.4) is 0 Å². The van der Waals surface area contributed by atoms with E-state index >= 15 is 0 Å². The van der Waals surface area contributed by atoms with Crippen LogP contribution in [0.1, 0.15) is 37.9 Å². The van der Waals surface area contributed by atoms with Crippen LogP contribution >= 0.6 is 0 Å². The van der Waals surface area contributed by atoms with Crippen LogP contribution in [-0.4, -0.2) is 34.5 Å². The lowest BCUT2D eigenvalue weighted by atomic mass is 10.00. The Hall–Kier alpha value is -1.55. The van der Waals surface area contributed by atoms with E-state index in [1.807, 2.05) is 22.6 Å². The third-order valence-corrected chi connectivity index (χ3v) is 4.04. The summed E-state index contributed by atoms with van der Waals surface area (Å²) >= 11 is 0. The minimum absolute atomic E-state index is 0.461. The van der Waals surface area contributed by atoms with Crippen molar-refractivity contribution in [3.05, 3.63) is 30.1 Å². The van der Waals surface area contributed by atoms with Crippen LogP contribution in [0.25, 0.3) is 5.65 Å². The number of imidazole rings is 1. The van der Waals surface area contributed by atoms with E-state index in [4.69, 9.17) is 9.72 Å². The van der Waals surface area contributed by atoms with Crippen molar-refractivity contribution < 1.29 is 4.74 Å². The van der Waals surface area contributed by atoms with E-state index in [9.17, 15) is 0 Å². The van der Waals surface area contributed by atoms with Gasteiger partial charge in [0, 0.05) is 6.20 Å². The van der Waals surface area contributed by atoms with Crippen molar-refractivity contribution >= 4 is 5.65 Å². The van der Waals surface area contributed by atoms with Gasteiger partial charge < -0.3 is 4.74 Å². The average molecular weight is 259 g/mol. The van der Waals surface area contributed by atoms with Crippen molar-refractivity contribution in [3.8, 4) is 5.88 Å². The summed E-state index contributed by atoms with van der Waals surface area (Å²) in [6.45, 7) is 4.51. The van der Waals surface area contributed by atoms with Crippen LogP contribution in [-0.2, 0) is 0 Å². The van der Waals surface area contributed by atoms with E-state index in [1.54, 1.807) is 7.11 Å². The molecule has 0 N–H and O–H groups in total. The first kappa shape index (κ1) is 12.5. The van der Waals surface area contributed by atoms with Crippen molar-refractivity contribution in [1.29, 1.82) is 0 Å². The summed E-state index contributed by atoms with van der Waals surface area (Å²) in [6, 6.07) is 6.45. The molecule has 1 aliphatic rings. The zero-order valence-electron chi connectivity index (χ0n) is 11.7. The fraction of sp³-hybridized carbons (Fsp3) is 0.533. The summed E-state index contributed by atoms with van der Waals surface area (Å²) in [6.07, 6.45) is 5.94. The van der Waals surface area contributed by atoms with Crippen LogP contribution in [0.2, 0.25) is 0 Å². The number of rotatable bonds is 3. The van der Waals surface area contributed by atoms with Gasteiger partial charge in [-0.25, -0.2) is 4.98 Å². The Morgan fingerprint density at radius 3 is 3.05 bits per heavy atom. The Kier molecular flexibility index (Phi) is 3.42. The van der Waals surface area contributed by atoms with Crippen LogP contribution in [0.4, 0.5) is 0 Å². The summed E-state index contributed by atoms with van der Waals surface area (Å²) in [5, 5.41) is 0. The predicted octanol–water partition coefficient (Wildman–Crippen LogP) is 2.89. The van der Waals surface area contributed by atoms with Gasteiger partial charge in [0.2, 0.25) is 0 Å². The van der Waals surface area contributed by atoms with Gasteiger partial charge in [0.25, 0.3) is 0 Å². The molecule has 1 atom stereocenters. The molecule has 1 fully saturated rings. The van der Waals surface area contributed by atoms with E-state index in [0.29, 0.717) is 6.04 Å². The quantitative estimate of drug-likeness (QED) is 0.849. The molecule has 2 aromatic heterocycles. The fourth-order valence-electron chi connectivity index (χ4n) is 3.04. The lowest BCUT2D eigenvalue weighted by Gasteiger charge is -2.33. The fourth-order valence-corrected chi connectivity index (χ4v) is 3.04. The lowest BCUT2D eigenvalue weighted by molar-refractivity contribution is 0.154. The molecule has 3 heterocycles. The second-order valence-electron chi connectivity index (χ2n) is 5.10. The van der Waals surface area contributed by atoms with Gasteiger partial charge >= 0.3 is 0 Å². The number of fused-ring (bicyclic) bond motifs is 1. The van der Waals surface area contributed by atoms with Crippen molar-refractivity contribution in [3.63, 3.8) is 0 Å². The summed E-state index contributed by atoms with van der Waals surface area (Å²) in [5.41, 5.74) is 2.14. The zero-order valence-corrected chi connectivity index (χ0v) is 11.7. The Bertz CT molecular complexity index is 564. The molecule has 0 amide bonds. The number of piperidine rings is 1. The number of methoxy groups -OCH3 is 1. The van der Waals surface area contributed by atoms with E-state index < -0.39 is 0 Å². The first-order valence-corrected chi connectivity index (χ1v) is 7.09. The van der Waals surface area contributed by atoms with Gasteiger partial charge in [-0.3, -0.25) is 9.30 Å². The number of pyridine rings is 1. The van der Waals surface area contributed by atoms with Crippen molar-refractivity contribution in [1.82, 2.24) is 14.3 Å². The monoisotopic (exact) mass is 259 g/mol. The highest BCUT2D eigenvalue weighted by Gasteiger charge is 2.25. The average Bonchev–Trinajstić information content (AvgIpc) is 2.90. The van der Waals surface area contributed by atoms with Gasteiger partial charge in [-0.1, -0.05) is 19.4 Å². The normalized spacial score (nSPS) is 20.8. The SMILES string of the molecule is CCN1CCCCC1c1cn2c(OC)cccc2n1. The van der Waals surface area contributed by atoms with Gasteiger partial charge in [0.15, 0.2) is 5.88 Å². The molecule has 19 heavy (non-hydrogen) atoms. The van der Waals surface area contributed by atoms with Gasteiger partial charge in [-0.05, 0) is 38.1 Å². The molecule has 1 unspecified atom stereocenters. The van der Waals surface area contributed by atoms with Gasteiger partial charge in [0.05, 0.1) is 18.8 Å². The molecule has 2 aromatic rings. The number of aromatic nitrogens is 2. The molecule has 1 saturated heterocycles. The third-order valence-electron chi connectivity index (χ3n) is 4.04. The first-order valence-electron chi connectivity index (χ1n) is 7.09. The number of likely N-dealkylation sites (tertiary alicyclic amines) is 1. The second-order valence-corrected chi connectivity index (χ2v) is 5.10. The highest BCUT2D eigenvalue weighted by molar-refractivity contribution is 5.44. The Balaban J connectivity index is 2.00. The van der Waals surface area contributed by atoms with Crippen molar-refractivity contribution in [2.45, 2.75) is 32.2 Å². The van der Waals surface area contributed by atoms with Gasteiger partial charge in [0.1, 0.15) is 5.65 Å². The van der Waals surface area contributed by atoms with Crippen molar-refractivity contribution in [2.24, 2.45) is 0 Å². The van der Waals surface area contributed by atoms with Crippen LogP contribution in [0, 0.1) is 0 Å². The van der Waals surface area contributed by atoms with Crippen LogP contribution < -0.4 is 4.74 Å². The standard InChI is InChI=1S/C15H21N3O/c1-3-17-10-5-4-7-13(17)12-11-18-14(16-12)8-6-9-15(18)19-2/h6,8-9,11,13H,3-5,7,10H2,1-2H3. The Morgan fingerprint density at radius 2 is 2.26 bits per heavy atom. The summed E-state index contributed by atoms with van der Waals surface area (Å²) in [7, 11) is 1.70. The topological polar surface area (TPSA) is 29.8 Å². The van der Waals surface area contributed by atoms with Crippen LogP contribution in [0.15, 0.2) is 24.4 Å². The van der Waals surface area contributed by atoms with E-state index in [-0.39, 0.29) is 0 Å². The van der Waals surface area contributed by atoms with E-state index in [1.165, 1.54) is 31.5 Å². The molecule has 4 nitrogen and oxygen atoms in total.